The normalized spacial score (nSPS) is 11.6. The fraction of sp³-hybridized carbons (Fsp3) is 0.368. The van der Waals surface area contributed by atoms with E-state index in [2.05, 4.69) is 10.4 Å². The molecular formula is C19H22N4O2. The molecule has 1 amide bonds. The molecule has 6 heteroatoms. The van der Waals surface area contributed by atoms with Gasteiger partial charge in [-0.15, -0.1) is 0 Å². The molecule has 1 aromatic heterocycles. The van der Waals surface area contributed by atoms with Crippen molar-refractivity contribution in [2.75, 3.05) is 0 Å². The van der Waals surface area contributed by atoms with E-state index in [1.54, 1.807) is 13.8 Å². The van der Waals surface area contributed by atoms with Crippen molar-refractivity contribution in [2.45, 2.75) is 46.7 Å². The van der Waals surface area contributed by atoms with Gasteiger partial charge in [0, 0.05) is 0 Å². The molecule has 0 saturated heterocycles. The van der Waals surface area contributed by atoms with Crippen LogP contribution in [0.3, 0.4) is 0 Å². The van der Waals surface area contributed by atoms with Crippen LogP contribution < -0.4 is 10.9 Å². The van der Waals surface area contributed by atoms with Gasteiger partial charge in [0.05, 0.1) is 11.7 Å². The number of aromatic nitrogens is 2. The number of aryl methyl sites for hydroxylation is 2. The molecule has 0 aliphatic heterocycles. The van der Waals surface area contributed by atoms with Crippen LogP contribution in [0.1, 0.15) is 47.3 Å². The van der Waals surface area contributed by atoms with Crippen LogP contribution in [-0.4, -0.2) is 15.7 Å². The van der Waals surface area contributed by atoms with E-state index in [-0.39, 0.29) is 24.1 Å². The number of nitriles is 1. The number of nitrogens with zero attached hydrogens (tertiary/aromatic N) is 3. The molecule has 6 nitrogen and oxygen atoms in total. The average molecular weight is 338 g/mol. The van der Waals surface area contributed by atoms with Crippen molar-refractivity contribution >= 4 is 5.91 Å². The van der Waals surface area contributed by atoms with Crippen molar-refractivity contribution in [3.63, 3.8) is 0 Å². The molecule has 0 unspecified atom stereocenters. The molecule has 0 saturated carbocycles. The lowest BCUT2D eigenvalue weighted by Crippen LogP contribution is -2.37. The van der Waals surface area contributed by atoms with Gasteiger partial charge in [0.1, 0.15) is 18.2 Å². The SMILES string of the molecule is CC[C@H](NC(=O)Cn1nc(C)c(C)c(C#N)c1=O)c1ccc(C)cc1. The zero-order valence-corrected chi connectivity index (χ0v) is 15.0. The molecule has 25 heavy (non-hydrogen) atoms. The van der Waals surface area contributed by atoms with Gasteiger partial charge in [-0.25, -0.2) is 4.68 Å². The molecule has 0 bridgehead atoms. The fourth-order valence-electron chi connectivity index (χ4n) is 2.61. The lowest BCUT2D eigenvalue weighted by atomic mass is 10.0. The first-order chi connectivity index (χ1) is 11.9. The molecule has 0 aliphatic rings. The maximum atomic E-state index is 12.4. The van der Waals surface area contributed by atoms with Crippen LogP contribution in [0.4, 0.5) is 0 Å². The largest absolute Gasteiger partial charge is 0.348 e. The number of nitrogens with one attached hydrogen (secondary N) is 1. The van der Waals surface area contributed by atoms with E-state index in [0.717, 1.165) is 22.2 Å². The molecule has 130 valence electrons. The Morgan fingerprint density at radius 3 is 2.48 bits per heavy atom. The Hall–Kier alpha value is -2.94. The van der Waals surface area contributed by atoms with Gasteiger partial charge in [0.15, 0.2) is 0 Å². The van der Waals surface area contributed by atoms with Gasteiger partial charge in [0.2, 0.25) is 5.91 Å². The molecule has 0 fully saturated rings. The molecule has 0 spiro atoms. The molecule has 0 radical (unpaired) electrons. The van der Waals surface area contributed by atoms with Gasteiger partial charge in [-0.3, -0.25) is 9.59 Å². The molecule has 1 aromatic carbocycles. The number of carbonyl (C=O) groups excluding carboxylic acids is 1. The minimum absolute atomic E-state index is 0.0332. The number of amides is 1. The molecule has 2 rings (SSSR count). The molecule has 1 N–H and O–H groups in total. The predicted octanol–water partition coefficient (Wildman–Crippen LogP) is 2.31. The summed E-state index contributed by atoms with van der Waals surface area (Å²) < 4.78 is 1.05. The second-order valence-electron chi connectivity index (χ2n) is 6.10. The smallest absolute Gasteiger partial charge is 0.285 e. The monoisotopic (exact) mass is 338 g/mol. The lowest BCUT2D eigenvalue weighted by Gasteiger charge is -2.18. The Kier molecular flexibility index (Phi) is 5.71. The van der Waals surface area contributed by atoms with Crippen LogP contribution in [-0.2, 0) is 11.3 Å². The van der Waals surface area contributed by atoms with Crippen molar-refractivity contribution < 1.29 is 4.79 Å². The van der Waals surface area contributed by atoms with Gasteiger partial charge >= 0.3 is 0 Å². The number of carbonyl (C=O) groups is 1. The van der Waals surface area contributed by atoms with Gasteiger partial charge in [0.25, 0.3) is 5.56 Å². The van der Waals surface area contributed by atoms with E-state index in [1.807, 2.05) is 44.2 Å². The Morgan fingerprint density at radius 1 is 1.28 bits per heavy atom. The number of rotatable bonds is 5. The highest BCUT2D eigenvalue weighted by atomic mass is 16.2. The van der Waals surface area contributed by atoms with E-state index in [0.29, 0.717) is 11.3 Å². The summed E-state index contributed by atoms with van der Waals surface area (Å²) in [6, 6.07) is 9.73. The summed E-state index contributed by atoms with van der Waals surface area (Å²) in [4.78, 5) is 24.6. The summed E-state index contributed by atoms with van der Waals surface area (Å²) in [5.41, 5.74) is 2.78. The summed E-state index contributed by atoms with van der Waals surface area (Å²) in [7, 11) is 0. The number of benzene rings is 1. The third kappa shape index (κ3) is 4.13. The van der Waals surface area contributed by atoms with Crippen LogP contribution in [0, 0.1) is 32.1 Å². The van der Waals surface area contributed by atoms with Gasteiger partial charge in [-0.2, -0.15) is 10.4 Å². The van der Waals surface area contributed by atoms with Crippen LogP contribution >= 0.6 is 0 Å². The van der Waals surface area contributed by atoms with Crippen LogP contribution in [0.5, 0.6) is 0 Å². The van der Waals surface area contributed by atoms with Crippen LogP contribution in [0.25, 0.3) is 0 Å². The maximum absolute atomic E-state index is 12.4. The topological polar surface area (TPSA) is 87.8 Å². The van der Waals surface area contributed by atoms with E-state index >= 15 is 0 Å². The van der Waals surface area contributed by atoms with E-state index < -0.39 is 5.56 Å². The van der Waals surface area contributed by atoms with Gasteiger partial charge in [-0.1, -0.05) is 36.8 Å². The van der Waals surface area contributed by atoms with Gasteiger partial charge in [-0.05, 0) is 38.3 Å². The summed E-state index contributed by atoms with van der Waals surface area (Å²) >= 11 is 0. The quantitative estimate of drug-likeness (QED) is 0.906. The highest BCUT2D eigenvalue weighted by molar-refractivity contribution is 5.76. The fourth-order valence-corrected chi connectivity index (χ4v) is 2.61. The van der Waals surface area contributed by atoms with Gasteiger partial charge < -0.3 is 5.32 Å². The summed E-state index contributed by atoms with van der Waals surface area (Å²) in [5, 5.41) is 16.2. The first kappa shape index (κ1) is 18.4. The number of hydrogen-bond acceptors (Lipinski definition) is 4. The molecule has 1 atom stereocenters. The Morgan fingerprint density at radius 2 is 1.92 bits per heavy atom. The minimum Gasteiger partial charge on any atom is -0.348 e. The summed E-state index contributed by atoms with van der Waals surface area (Å²) in [6.07, 6.45) is 0.730. The zero-order chi connectivity index (χ0) is 18.6. The molecule has 1 heterocycles. The van der Waals surface area contributed by atoms with Crippen molar-refractivity contribution in [3.05, 3.63) is 62.6 Å². The second kappa shape index (κ2) is 7.75. The first-order valence-corrected chi connectivity index (χ1v) is 8.21. The zero-order valence-electron chi connectivity index (χ0n) is 15.0. The third-order valence-corrected chi connectivity index (χ3v) is 4.27. The van der Waals surface area contributed by atoms with E-state index in [1.165, 1.54) is 0 Å². The van der Waals surface area contributed by atoms with E-state index in [9.17, 15) is 9.59 Å². The van der Waals surface area contributed by atoms with Crippen molar-refractivity contribution in [2.24, 2.45) is 0 Å². The maximum Gasteiger partial charge on any atom is 0.285 e. The highest BCUT2D eigenvalue weighted by Gasteiger charge is 2.16. The predicted molar refractivity (Wildman–Crippen MR) is 95.0 cm³/mol. The average Bonchev–Trinajstić information content (AvgIpc) is 2.59. The Balaban J connectivity index is 2.20. The highest BCUT2D eigenvalue weighted by Crippen LogP contribution is 2.17. The second-order valence-corrected chi connectivity index (χ2v) is 6.10. The summed E-state index contributed by atoms with van der Waals surface area (Å²) in [6.45, 7) is 7.17. The van der Waals surface area contributed by atoms with E-state index in [4.69, 9.17) is 5.26 Å². The Bertz CT molecular complexity index is 876. The standard InChI is InChI=1S/C19H22N4O2/c1-5-17(15-8-6-12(2)7-9-15)21-18(24)11-23-19(25)16(10-20)13(3)14(4)22-23/h6-9,17H,5,11H2,1-4H3,(H,21,24)/t17-/m0/s1. The molecular weight excluding hydrogens is 316 g/mol. The van der Waals surface area contributed by atoms with Crippen LogP contribution in [0.15, 0.2) is 29.1 Å². The van der Waals surface area contributed by atoms with Crippen LogP contribution in [0.2, 0.25) is 0 Å². The Labute approximate surface area is 147 Å². The number of hydrogen-bond donors (Lipinski definition) is 1. The van der Waals surface area contributed by atoms with Crippen molar-refractivity contribution in [1.82, 2.24) is 15.1 Å². The summed E-state index contributed by atoms with van der Waals surface area (Å²) in [5.74, 6) is -0.311. The van der Waals surface area contributed by atoms with Crippen molar-refractivity contribution in [3.8, 4) is 6.07 Å². The third-order valence-electron chi connectivity index (χ3n) is 4.27. The minimum atomic E-state index is -0.538. The van der Waals surface area contributed by atoms with Crippen molar-refractivity contribution in [1.29, 1.82) is 5.26 Å². The molecule has 0 aliphatic carbocycles. The molecule has 2 aromatic rings. The first-order valence-electron chi connectivity index (χ1n) is 8.21. The lowest BCUT2D eigenvalue weighted by molar-refractivity contribution is -0.122.